The van der Waals surface area contributed by atoms with E-state index in [4.69, 9.17) is 11.5 Å². The van der Waals surface area contributed by atoms with E-state index in [1.807, 2.05) is 6.07 Å². The van der Waals surface area contributed by atoms with Gasteiger partial charge >= 0.3 is 0 Å². The minimum Gasteiger partial charge on any atom is -0.399 e. The Bertz CT molecular complexity index is 1550. The lowest BCUT2D eigenvalue weighted by Crippen LogP contribution is -2.92. The van der Waals surface area contributed by atoms with Crippen LogP contribution in [-0.4, -0.2) is 304 Å². The van der Waals surface area contributed by atoms with Gasteiger partial charge in [0.2, 0.25) is 0 Å². The molecule has 1 fully saturated rings. The molecule has 2 nitrogen and oxygen atoms in total. The van der Waals surface area contributed by atoms with Gasteiger partial charge in [-0.05, 0) is 60.1 Å². The highest BCUT2D eigenvalue weighted by Gasteiger charge is 2.60. The van der Waals surface area contributed by atoms with Crippen molar-refractivity contribution in [2.75, 3.05) is 11.5 Å². The molecule has 64 heavy (non-hydrogen) atoms. The van der Waals surface area contributed by atoms with E-state index in [9.17, 15) is 0 Å². The second-order valence-corrected chi connectivity index (χ2v) is 26.0. The first-order valence-corrected chi connectivity index (χ1v) is 27.5. The Kier molecular flexibility index (Phi) is 24.8. The lowest BCUT2D eigenvalue weighted by atomic mass is 8.29. The summed E-state index contributed by atoms with van der Waals surface area (Å²) in [4.78, 5) is 0. The molecule has 1 saturated carbocycles. The van der Waals surface area contributed by atoms with Gasteiger partial charge < -0.3 is 11.5 Å². The minimum atomic E-state index is 0.622. The molecule has 2 aromatic rings. The fourth-order valence-electron chi connectivity index (χ4n) is 16.5. The summed E-state index contributed by atoms with van der Waals surface area (Å²) in [6.07, 6.45) is 19.3. The van der Waals surface area contributed by atoms with Crippen molar-refractivity contribution in [3.8, 4) is 0 Å². The van der Waals surface area contributed by atoms with Gasteiger partial charge in [-0.1, -0.05) is 42.9 Å². The molecule has 0 amide bonds. The van der Waals surface area contributed by atoms with Crippen molar-refractivity contribution in [2.45, 2.75) is 43.8 Å². The summed E-state index contributed by atoms with van der Waals surface area (Å²) < 4.78 is 0. The Morgan fingerprint density at radius 1 is 0.344 bits per heavy atom. The van der Waals surface area contributed by atoms with Crippen LogP contribution in [-0.2, 0) is 6.42 Å². The SMILES string of the molecule is BB(B)B(B(B)B)B(B(B)B)B(B(B(B(B)B)B(B)B)B(B(B)B)B(B)B)B(B(B(B(B)B)B(B)B)B(B(B)B)B(B)B)C1CCC(c2ccc(Cc3cc(N)cc(N)c3)cc2)CC1. The number of nitrogen functional groups attached to an aromatic ring is 2. The van der Waals surface area contributed by atoms with Crippen LogP contribution in [0.15, 0.2) is 42.5 Å². The number of anilines is 2. The van der Waals surface area contributed by atoms with E-state index < -0.39 is 0 Å². The van der Waals surface area contributed by atoms with Gasteiger partial charge in [0, 0.05) is 146 Å². The van der Waals surface area contributed by atoms with Crippen LogP contribution < -0.4 is 11.5 Å². The Morgan fingerprint density at radius 3 is 0.969 bits per heavy atom. The Morgan fingerprint density at radius 2 is 0.641 bits per heavy atom. The monoisotopic (exact) mass is 797 g/mol. The van der Waals surface area contributed by atoms with Gasteiger partial charge in [0.25, 0.3) is 0 Å². The van der Waals surface area contributed by atoms with Crippen molar-refractivity contribution in [1.82, 2.24) is 0 Å². The molecule has 45 heteroatoms. The first-order valence-electron chi connectivity index (χ1n) is 27.5. The second-order valence-electron chi connectivity index (χ2n) is 26.0. The Hall–Kier alpha value is 0.832. The van der Waals surface area contributed by atoms with Crippen molar-refractivity contribution in [3.63, 3.8) is 0 Å². The molecule has 0 spiro atoms. The van der Waals surface area contributed by atoms with Crippen LogP contribution in [0.1, 0.15) is 48.3 Å². The number of benzene rings is 2. The van der Waals surface area contributed by atoms with Crippen molar-refractivity contribution in [1.29, 1.82) is 0 Å². The van der Waals surface area contributed by atoms with Gasteiger partial charge in [-0.2, -0.15) is 0 Å². The lowest BCUT2D eigenvalue weighted by Gasteiger charge is -2.55. The van der Waals surface area contributed by atoms with Gasteiger partial charge in [0.15, 0.2) is 0 Å². The maximum Gasteiger partial charge on any atom is 0.0552 e. The van der Waals surface area contributed by atoms with Gasteiger partial charge in [-0.3, -0.25) is 0 Å². The average Bonchev–Trinajstić information content (AvgIpc) is 3.14. The standard InChI is InChI=1S/C19H67B43N2/c20-43(21)56(44(22)23)54(57(45(24)25)46(26)27)42(17-7-5-16(6-8-17)15-3-1-13(2-4-15)9-14-10-18(63)12-19(64)11-14)55(61(53(40)41)58(47(28)29)48(30)31)62(59(49(32)33)50(34)35)60(51(36)37)52(38)39/h1-4,10-12,16-17H,5-9,20-41,63-64H2. The van der Waals surface area contributed by atoms with Crippen molar-refractivity contribution in [3.05, 3.63) is 59.2 Å². The second kappa shape index (κ2) is 26.9. The zero-order valence-corrected chi connectivity index (χ0v) is 46.5. The molecule has 0 aromatic heterocycles. The maximum absolute atomic E-state index is 6.19. The highest BCUT2D eigenvalue weighted by Crippen LogP contribution is 2.42. The van der Waals surface area contributed by atoms with Crippen molar-refractivity contribution >= 4 is 316 Å². The quantitative estimate of drug-likeness (QED) is 0.0822. The lowest BCUT2D eigenvalue weighted by molar-refractivity contribution is 0.442. The maximum atomic E-state index is 6.19. The first kappa shape index (κ1) is 59.1. The molecule has 4 N–H and O–H groups in total. The van der Waals surface area contributed by atoms with E-state index in [2.05, 4.69) is 207 Å². The molecule has 0 saturated heterocycles. The summed E-state index contributed by atoms with van der Waals surface area (Å²) in [7, 11) is 57.6. The number of hydrogen-bond donors (Lipinski definition) is 2. The van der Waals surface area contributed by atoms with Crippen LogP contribution >= 0.6 is 0 Å². The highest BCUT2D eigenvalue weighted by atomic mass is 14.6. The highest BCUT2D eigenvalue weighted by molar-refractivity contribution is 8.30. The first-order chi connectivity index (χ1) is 29.7. The molecule has 0 radical (unpaired) electrons. The van der Waals surface area contributed by atoms with Crippen LogP contribution in [0, 0.1) is 0 Å². The number of nitrogens with two attached hydrogens (primary N) is 2. The Balaban J connectivity index is 2.46. The minimum absolute atomic E-state index is 0.622. The van der Waals surface area contributed by atoms with E-state index in [-0.39, 0.29) is 0 Å². The molecule has 0 unspecified atom stereocenters. The third kappa shape index (κ3) is 15.4. The zero-order chi connectivity index (χ0) is 48.7. The topological polar surface area (TPSA) is 52.0 Å². The molecular weight excluding hydrogens is 721 g/mol. The summed E-state index contributed by atoms with van der Waals surface area (Å²) in [6.45, 7) is 0.677. The third-order valence-corrected chi connectivity index (χ3v) is 17.7. The van der Waals surface area contributed by atoms with Crippen LogP contribution in [0.3, 0.4) is 0 Å². The molecular formula is C19H67B43N2. The van der Waals surface area contributed by atoms with E-state index in [1.165, 1.54) is 36.8 Å². The fourth-order valence-corrected chi connectivity index (χ4v) is 16.5. The average molecular weight is 789 g/mol. The summed E-state index contributed by atoms with van der Waals surface area (Å²) >= 11 is 0. The van der Waals surface area contributed by atoms with E-state index >= 15 is 0 Å². The largest absolute Gasteiger partial charge is 0.399 e. The molecule has 0 atom stereocenters. The molecule has 0 aliphatic heterocycles. The number of rotatable bonds is 24. The number of hydrogen-bond acceptors (Lipinski definition) is 2. The molecule has 2 aromatic carbocycles. The van der Waals surface area contributed by atoms with Gasteiger partial charge in [-0.25, -0.2) is 0 Å². The molecule has 282 valence electrons. The molecule has 3 rings (SSSR count). The van der Waals surface area contributed by atoms with E-state index in [0.29, 0.717) is 140 Å². The predicted molar refractivity (Wildman–Crippen MR) is 398 cm³/mol. The predicted octanol–water partition coefficient (Wildman–Crippen LogP) is -23.7. The summed E-state index contributed by atoms with van der Waals surface area (Å²) in [5.74, 6) is 1.35. The van der Waals surface area contributed by atoms with Gasteiger partial charge in [0.1, 0.15) is 0 Å². The smallest absolute Gasteiger partial charge is 0.0552 e. The van der Waals surface area contributed by atoms with Crippen molar-refractivity contribution in [2.24, 2.45) is 0 Å². The molecule has 1 aliphatic carbocycles. The van der Waals surface area contributed by atoms with Crippen LogP contribution in [0.4, 0.5) is 11.4 Å². The van der Waals surface area contributed by atoms with E-state index in [0.717, 1.165) is 23.6 Å². The summed E-state index contributed by atoms with van der Waals surface area (Å²) in [5, 5.41) is 0. The van der Waals surface area contributed by atoms with Crippen LogP contribution in [0.25, 0.3) is 0 Å². The zero-order valence-electron chi connectivity index (χ0n) is 46.5. The molecule has 1 aliphatic rings. The molecule has 0 heterocycles. The van der Waals surface area contributed by atoms with Crippen LogP contribution in [0.2, 0.25) is 5.82 Å². The van der Waals surface area contributed by atoms with Gasteiger partial charge in [0.05, 0.1) is 170 Å². The Labute approximate surface area is 427 Å². The summed E-state index contributed by atoms with van der Waals surface area (Å²) in [6, 6.07) is 15.7. The van der Waals surface area contributed by atoms with Crippen molar-refractivity contribution < 1.29 is 0 Å². The van der Waals surface area contributed by atoms with Crippen LogP contribution in [0.5, 0.6) is 0 Å². The molecule has 0 bridgehead atoms. The normalized spacial score (nSPS) is 14.0. The van der Waals surface area contributed by atoms with Gasteiger partial charge in [-0.15, -0.1) is 0 Å². The summed E-state index contributed by atoms with van der Waals surface area (Å²) in [5.41, 5.74) is 17.9. The third-order valence-electron chi connectivity index (χ3n) is 17.7. The fraction of sp³-hybridized carbons (Fsp3) is 0.368. The van der Waals surface area contributed by atoms with E-state index in [1.54, 1.807) is 5.56 Å².